The highest BCUT2D eigenvalue weighted by Gasteiger charge is 2.12. The Morgan fingerprint density at radius 1 is 1.12 bits per heavy atom. The Morgan fingerprint density at radius 3 is 2.32 bits per heavy atom. The molecule has 0 fully saturated rings. The Kier molecular flexibility index (Phi) is 6.33. The van der Waals surface area contributed by atoms with Crippen molar-refractivity contribution in [3.05, 3.63) is 47.3 Å². The molecule has 0 aliphatic heterocycles. The molecule has 2 aromatic rings. The van der Waals surface area contributed by atoms with E-state index < -0.39 is 0 Å². The first-order chi connectivity index (χ1) is 11.9. The van der Waals surface area contributed by atoms with Gasteiger partial charge in [0.2, 0.25) is 11.8 Å². The van der Waals surface area contributed by atoms with Crippen LogP contribution in [0.4, 0.5) is 0 Å². The van der Waals surface area contributed by atoms with Crippen LogP contribution in [0.5, 0.6) is 0 Å². The molecule has 1 atom stereocenters. The van der Waals surface area contributed by atoms with Crippen LogP contribution in [0.2, 0.25) is 0 Å². The number of hydrogen-bond donors (Lipinski definition) is 2. The molecule has 0 unspecified atom stereocenters. The minimum Gasteiger partial charge on any atom is -0.356 e. The van der Waals surface area contributed by atoms with Crippen molar-refractivity contribution in [2.45, 2.75) is 46.6 Å². The van der Waals surface area contributed by atoms with Crippen LogP contribution in [0.15, 0.2) is 30.3 Å². The second-order valence-corrected chi connectivity index (χ2v) is 6.17. The summed E-state index contributed by atoms with van der Waals surface area (Å²) >= 11 is 0. The van der Waals surface area contributed by atoms with Crippen molar-refractivity contribution in [2.24, 2.45) is 0 Å². The normalized spacial score (nSPS) is 11.8. The summed E-state index contributed by atoms with van der Waals surface area (Å²) in [6, 6.07) is 9.88. The molecule has 2 N–H and O–H groups in total. The van der Waals surface area contributed by atoms with Crippen molar-refractivity contribution in [3.63, 3.8) is 0 Å². The average Bonchev–Trinajstić information content (AvgIpc) is 2.92. The van der Waals surface area contributed by atoms with E-state index in [2.05, 4.69) is 15.7 Å². The Balaban J connectivity index is 1.94. The number of carbonyl (C=O) groups is 2. The lowest BCUT2D eigenvalue weighted by atomic mass is 10.1. The van der Waals surface area contributed by atoms with E-state index in [9.17, 15) is 9.59 Å². The van der Waals surface area contributed by atoms with Crippen LogP contribution in [-0.4, -0.2) is 28.1 Å². The van der Waals surface area contributed by atoms with E-state index in [1.54, 1.807) is 0 Å². The van der Waals surface area contributed by atoms with E-state index in [0.29, 0.717) is 6.54 Å². The standard InChI is InChI=1S/C19H26N4O2/c1-5-20-18(24)10-11-19(25)21-15(4)16-6-8-17(9-7-16)23-14(3)12-13(2)22-23/h6-9,12,15H,5,10-11H2,1-4H3,(H,20,24)(H,21,25)/t15-/m0/s1. The van der Waals surface area contributed by atoms with Gasteiger partial charge in [0, 0.05) is 25.1 Å². The minimum absolute atomic E-state index is 0.0976. The van der Waals surface area contributed by atoms with Gasteiger partial charge in [-0.2, -0.15) is 5.10 Å². The molecule has 2 rings (SSSR count). The third-order valence-electron chi connectivity index (χ3n) is 3.98. The summed E-state index contributed by atoms with van der Waals surface area (Å²) in [7, 11) is 0. The van der Waals surface area contributed by atoms with Crippen LogP contribution in [-0.2, 0) is 9.59 Å². The smallest absolute Gasteiger partial charge is 0.220 e. The van der Waals surface area contributed by atoms with Gasteiger partial charge in [-0.1, -0.05) is 12.1 Å². The number of benzene rings is 1. The summed E-state index contributed by atoms with van der Waals surface area (Å²) in [5, 5.41) is 10.1. The summed E-state index contributed by atoms with van der Waals surface area (Å²) in [4.78, 5) is 23.4. The van der Waals surface area contributed by atoms with Gasteiger partial charge in [-0.3, -0.25) is 9.59 Å². The van der Waals surface area contributed by atoms with Crippen LogP contribution in [0.1, 0.15) is 49.7 Å². The third-order valence-corrected chi connectivity index (χ3v) is 3.98. The number of carbonyl (C=O) groups excluding carboxylic acids is 2. The summed E-state index contributed by atoms with van der Waals surface area (Å²) in [6.45, 7) is 8.36. The number of nitrogens with one attached hydrogen (secondary N) is 2. The first kappa shape index (κ1) is 18.7. The van der Waals surface area contributed by atoms with Gasteiger partial charge in [0.25, 0.3) is 0 Å². The molecule has 0 radical (unpaired) electrons. The predicted octanol–water partition coefficient (Wildman–Crippen LogP) is 2.58. The van der Waals surface area contributed by atoms with Gasteiger partial charge in [0.1, 0.15) is 0 Å². The number of nitrogens with zero attached hydrogens (tertiary/aromatic N) is 2. The largest absolute Gasteiger partial charge is 0.356 e. The highest BCUT2D eigenvalue weighted by molar-refractivity contribution is 5.83. The fourth-order valence-corrected chi connectivity index (χ4v) is 2.70. The second kappa shape index (κ2) is 8.46. The van der Waals surface area contributed by atoms with E-state index in [-0.39, 0.29) is 30.7 Å². The van der Waals surface area contributed by atoms with Gasteiger partial charge in [-0.15, -0.1) is 0 Å². The lowest BCUT2D eigenvalue weighted by Gasteiger charge is -2.15. The topological polar surface area (TPSA) is 76.0 Å². The molecule has 0 aliphatic carbocycles. The fourth-order valence-electron chi connectivity index (χ4n) is 2.70. The molecule has 2 amide bonds. The molecule has 1 heterocycles. The molecule has 0 saturated carbocycles. The van der Waals surface area contributed by atoms with Crippen LogP contribution < -0.4 is 10.6 Å². The molecule has 1 aromatic heterocycles. The Labute approximate surface area is 148 Å². The van der Waals surface area contributed by atoms with Crippen LogP contribution in [0, 0.1) is 13.8 Å². The van der Waals surface area contributed by atoms with Gasteiger partial charge in [-0.25, -0.2) is 4.68 Å². The highest BCUT2D eigenvalue weighted by atomic mass is 16.2. The van der Waals surface area contributed by atoms with Gasteiger partial charge in [0.05, 0.1) is 17.4 Å². The fraction of sp³-hybridized carbons (Fsp3) is 0.421. The monoisotopic (exact) mass is 342 g/mol. The average molecular weight is 342 g/mol. The summed E-state index contributed by atoms with van der Waals surface area (Å²) in [6.07, 6.45) is 0.406. The molecule has 25 heavy (non-hydrogen) atoms. The lowest BCUT2D eigenvalue weighted by Crippen LogP contribution is -2.29. The van der Waals surface area contributed by atoms with Crippen molar-refractivity contribution < 1.29 is 9.59 Å². The first-order valence-corrected chi connectivity index (χ1v) is 8.60. The van der Waals surface area contributed by atoms with Crippen molar-refractivity contribution in [1.82, 2.24) is 20.4 Å². The molecule has 134 valence electrons. The highest BCUT2D eigenvalue weighted by Crippen LogP contribution is 2.17. The van der Waals surface area contributed by atoms with E-state index in [1.165, 1.54) is 0 Å². The molecule has 6 heteroatoms. The Bertz CT molecular complexity index is 734. The summed E-state index contributed by atoms with van der Waals surface area (Å²) < 4.78 is 1.90. The molecule has 6 nitrogen and oxygen atoms in total. The number of hydrogen-bond acceptors (Lipinski definition) is 3. The third kappa shape index (κ3) is 5.17. The quantitative estimate of drug-likeness (QED) is 0.812. The van der Waals surface area contributed by atoms with Gasteiger partial charge < -0.3 is 10.6 Å². The summed E-state index contributed by atoms with van der Waals surface area (Å²) in [5.74, 6) is -0.221. The molecular formula is C19H26N4O2. The lowest BCUT2D eigenvalue weighted by molar-refractivity contribution is -0.126. The van der Waals surface area contributed by atoms with Crippen molar-refractivity contribution >= 4 is 11.8 Å². The zero-order valence-electron chi connectivity index (χ0n) is 15.3. The van der Waals surface area contributed by atoms with Crippen LogP contribution >= 0.6 is 0 Å². The number of rotatable bonds is 7. The SMILES string of the molecule is CCNC(=O)CCC(=O)N[C@@H](C)c1ccc(-n2nc(C)cc2C)cc1. The van der Waals surface area contributed by atoms with E-state index in [0.717, 1.165) is 22.6 Å². The number of aryl methyl sites for hydroxylation is 2. The maximum absolute atomic E-state index is 12.0. The van der Waals surface area contributed by atoms with E-state index in [4.69, 9.17) is 0 Å². The Hall–Kier alpha value is -2.63. The van der Waals surface area contributed by atoms with Crippen LogP contribution in [0.25, 0.3) is 5.69 Å². The minimum atomic E-state index is -0.124. The number of amides is 2. The van der Waals surface area contributed by atoms with E-state index in [1.807, 2.05) is 62.7 Å². The zero-order chi connectivity index (χ0) is 18.4. The Morgan fingerprint density at radius 2 is 1.76 bits per heavy atom. The van der Waals surface area contributed by atoms with Crippen molar-refractivity contribution in [3.8, 4) is 5.69 Å². The second-order valence-electron chi connectivity index (χ2n) is 6.17. The first-order valence-electron chi connectivity index (χ1n) is 8.60. The van der Waals surface area contributed by atoms with Gasteiger partial charge in [0.15, 0.2) is 0 Å². The molecule has 0 spiro atoms. The van der Waals surface area contributed by atoms with Gasteiger partial charge in [-0.05, 0) is 51.5 Å². The van der Waals surface area contributed by atoms with Gasteiger partial charge >= 0.3 is 0 Å². The maximum Gasteiger partial charge on any atom is 0.220 e. The van der Waals surface area contributed by atoms with Crippen LogP contribution in [0.3, 0.4) is 0 Å². The molecule has 1 aromatic carbocycles. The maximum atomic E-state index is 12.0. The molecule has 0 saturated heterocycles. The predicted molar refractivity (Wildman–Crippen MR) is 97.5 cm³/mol. The van der Waals surface area contributed by atoms with Crippen molar-refractivity contribution in [2.75, 3.05) is 6.54 Å². The van der Waals surface area contributed by atoms with E-state index >= 15 is 0 Å². The zero-order valence-corrected chi connectivity index (χ0v) is 15.3. The molecular weight excluding hydrogens is 316 g/mol. The molecule has 0 aliphatic rings. The number of aromatic nitrogens is 2. The van der Waals surface area contributed by atoms with Crippen molar-refractivity contribution in [1.29, 1.82) is 0 Å². The molecule has 0 bridgehead atoms. The summed E-state index contributed by atoms with van der Waals surface area (Å²) in [5.41, 5.74) is 4.06.